The summed E-state index contributed by atoms with van der Waals surface area (Å²) in [6.07, 6.45) is 4.94. The van der Waals surface area contributed by atoms with Gasteiger partial charge in [-0.15, -0.1) is 0 Å². The van der Waals surface area contributed by atoms with Crippen LogP contribution in [-0.2, 0) is 17.9 Å². The van der Waals surface area contributed by atoms with Crippen molar-refractivity contribution < 1.29 is 14.0 Å². The van der Waals surface area contributed by atoms with Crippen LogP contribution in [0.3, 0.4) is 0 Å². The van der Waals surface area contributed by atoms with Crippen molar-refractivity contribution in [3.05, 3.63) is 60.0 Å². The van der Waals surface area contributed by atoms with Crippen LogP contribution in [0.2, 0.25) is 0 Å². The van der Waals surface area contributed by atoms with E-state index in [1.165, 1.54) is 6.42 Å². The van der Waals surface area contributed by atoms with Crippen LogP contribution in [0.1, 0.15) is 56.1 Å². The number of fused-ring (bicyclic) bond motifs is 3. The van der Waals surface area contributed by atoms with Gasteiger partial charge in [0, 0.05) is 24.7 Å². The first-order chi connectivity index (χ1) is 15.4. The monoisotopic (exact) mass is 433 g/mol. The quantitative estimate of drug-likeness (QED) is 0.654. The lowest BCUT2D eigenvalue weighted by molar-refractivity contribution is -0.134. The topological polar surface area (TPSA) is 67.5 Å². The zero-order chi connectivity index (χ0) is 22.5. The summed E-state index contributed by atoms with van der Waals surface area (Å²) in [7, 11) is 0. The number of benzene rings is 1. The first-order valence-electron chi connectivity index (χ1n) is 11.6. The Morgan fingerprint density at radius 2 is 1.97 bits per heavy atom. The van der Waals surface area contributed by atoms with Gasteiger partial charge in [-0.05, 0) is 30.7 Å². The van der Waals surface area contributed by atoms with E-state index in [-0.39, 0.29) is 17.9 Å². The van der Waals surface area contributed by atoms with Crippen molar-refractivity contribution >= 4 is 22.9 Å². The average molecular weight is 434 g/mol. The number of nitrogens with one attached hydrogen (secondary N) is 1. The van der Waals surface area contributed by atoms with Gasteiger partial charge in [0.15, 0.2) is 5.58 Å². The van der Waals surface area contributed by atoms with Gasteiger partial charge in [-0.3, -0.25) is 9.59 Å². The van der Waals surface area contributed by atoms with Gasteiger partial charge in [-0.2, -0.15) is 0 Å². The number of carbonyl (C=O) groups excluding carboxylic acids is 2. The second-order valence-electron chi connectivity index (χ2n) is 9.78. The standard InChI is InChI=1S/C26H31N3O3/c1-17-8-7-11-20(18(17)2)27-25(31)26(3)16-28-21-12-13-32-23(21)14-22(28)24(30)29(26)15-19-9-5-4-6-10-19/h4-6,9-10,12-14,17-18,20H,7-8,11,15-16H2,1-3H3,(H,27,31)/t17-,18+,20+,26-/m1/s1. The molecule has 1 aliphatic carbocycles. The predicted molar refractivity (Wildman–Crippen MR) is 123 cm³/mol. The van der Waals surface area contributed by atoms with E-state index in [1.807, 2.05) is 47.9 Å². The largest absolute Gasteiger partial charge is 0.463 e. The molecule has 2 aliphatic rings. The Morgan fingerprint density at radius 1 is 1.19 bits per heavy atom. The number of rotatable bonds is 4. The van der Waals surface area contributed by atoms with Gasteiger partial charge in [-0.1, -0.05) is 57.0 Å². The van der Waals surface area contributed by atoms with Gasteiger partial charge in [0.25, 0.3) is 5.91 Å². The van der Waals surface area contributed by atoms with E-state index in [1.54, 1.807) is 17.2 Å². The molecule has 168 valence electrons. The summed E-state index contributed by atoms with van der Waals surface area (Å²) in [5, 5.41) is 3.34. The SMILES string of the molecule is C[C@H]1[C@H](C)CCC[C@@H]1NC(=O)[C@@]1(C)Cn2c(cc3occc32)C(=O)N1Cc1ccccc1. The van der Waals surface area contributed by atoms with Crippen molar-refractivity contribution in [3.8, 4) is 0 Å². The molecule has 6 nitrogen and oxygen atoms in total. The van der Waals surface area contributed by atoms with Gasteiger partial charge in [-0.25, -0.2) is 0 Å². The molecule has 32 heavy (non-hydrogen) atoms. The maximum Gasteiger partial charge on any atom is 0.271 e. The first kappa shape index (κ1) is 20.9. The summed E-state index contributed by atoms with van der Waals surface area (Å²) in [4.78, 5) is 29.3. The third-order valence-corrected chi connectivity index (χ3v) is 7.74. The number of furan rings is 1. The summed E-state index contributed by atoms with van der Waals surface area (Å²) in [5.74, 6) is 0.774. The molecule has 0 radical (unpaired) electrons. The molecule has 1 aliphatic heterocycles. The van der Waals surface area contributed by atoms with Crippen molar-refractivity contribution in [2.75, 3.05) is 0 Å². The Morgan fingerprint density at radius 3 is 2.75 bits per heavy atom. The van der Waals surface area contributed by atoms with Gasteiger partial charge >= 0.3 is 0 Å². The van der Waals surface area contributed by atoms with Crippen LogP contribution < -0.4 is 5.32 Å². The molecule has 0 saturated heterocycles. The highest BCUT2D eigenvalue weighted by Gasteiger charge is 2.48. The minimum atomic E-state index is -1.01. The normalized spacial score (nSPS) is 28.0. The van der Waals surface area contributed by atoms with Crippen LogP contribution in [0.5, 0.6) is 0 Å². The van der Waals surface area contributed by atoms with Gasteiger partial charge < -0.3 is 19.2 Å². The van der Waals surface area contributed by atoms with E-state index in [0.29, 0.717) is 36.2 Å². The van der Waals surface area contributed by atoms with Crippen molar-refractivity contribution in [2.24, 2.45) is 11.8 Å². The molecule has 6 heteroatoms. The molecule has 3 heterocycles. The molecule has 3 aromatic rings. The summed E-state index contributed by atoms with van der Waals surface area (Å²) in [6, 6.07) is 13.7. The molecular weight excluding hydrogens is 402 g/mol. The maximum atomic E-state index is 13.9. The number of aromatic nitrogens is 1. The van der Waals surface area contributed by atoms with E-state index in [2.05, 4.69) is 19.2 Å². The molecule has 1 fully saturated rings. The summed E-state index contributed by atoms with van der Waals surface area (Å²) in [5.41, 5.74) is 2.09. The van der Waals surface area contributed by atoms with Crippen molar-refractivity contribution in [1.82, 2.24) is 14.8 Å². The minimum Gasteiger partial charge on any atom is -0.463 e. The third kappa shape index (κ3) is 3.33. The Balaban J connectivity index is 1.52. The minimum absolute atomic E-state index is 0.0799. The zero-order valence-corrected chi connectivity index (χ0v) is 19.0. The molecule has 0 unspecified atom stereocenters. The van der Waals surface area contributed by atoms with Crippen LogP contribution in [0.15, 0.2) is 53.1 Å². The van der Waals surface area contributed by atoms with Crippen molar-refractivity contribution in [2.45, 2.75) is 64.7 Å². The molecule has 4 atom stereocenters. The van der Waals surface area contributed by atoms with Crippen LogP contribution in [0.4, 0.5) is 0 Å². The van der Waals surface area contributed by atoms with Gasteiger partial charge in [0.05, 0.1) is 18.3 Å². The van der Waals surface area contributed by atoms with Crippen molar-refractivity contribution in [1.29, 1.82) is 0 Å². The highest BCUT2D eigenvalue weighted by Crippen LogP contribution is 2.35. The fraction of sp³-hybridized carbons (Fsp3) is 0.462. The highest BCUT2D eigenvalue weighted by atomic mass is 16.3. The molecule has 2 aromatic heterocycles. The third-order valence-electron chi connectivity index (χ3n) is 7.74. The molecular formula is C26H31N3O3. The Labute approximate surface area is 188 Å². The molecule has 1 aromatic carbocycles. The van der Waals surface area contributed by atoms with Crippen LogP contribution in [0.25, 0.3) is 11.1 Å². The van der Waals surface area contributed by atoms with Gasteiger partial charge in [0.1, 0.15) is 11.2 Å². The van der Waals surface area contributed by atoms with Crippen LogP contribution in [-0.4, -0.2) is 32.9 Å². The Kier molecular flexibility index (Phi) is 5.11. The Bertz CT molecular complexity index is 1150. The fourth-order valence-electron chi connectivity index (χ4n) is 5.40. The number of hydrogen-bond donors (Lipinski definition) is 1. The summed E-state index contributed by atoms with van der Waals surface area (Å²) >= 11 is 0. The lowest BCUT2D eigenvalue weighted by Crippen LogP contribution is -2.65. The van der Waals surface area contributed by atoms with Crippen LogP contribution in [0, 0.1) is 11.8 Å². The molecule has 1 N–H and O–H groups in total. The van der Waals surface area contributed by atoms with Crippen molar-refractivity contribution in [3.63, 3.8) is 0 Å². The van der Waals surface area contributed by atoms with E-state index in [9.17, 15) is 9.59 Å². The highest BCUT2D eigenvalue weighted by molar-refractivity contribution is 6.02. The summed E-state index contributed by atoms with van der Waals surface area (Å²) < 4.78 is 7.50. The number of carbonyl (C=O) groups is 2. The maximum absolute atomic E-state index is 13.9. The van der Waals surface area contributed by atoms with Gasteiger partial charge in [0.2, 0.25) is 5.91 Å². The molecule has 1 saturated carbocycles. The summed E-state index contributed by atoms with van der Waals surface area (Å²) in [6.45, 7) is 7.16. The second kappa shape index (κ2) is 7.84. The predicted octanol–water partition coefficient (Wildman–Crippen LogP) is 4.59. The van der Waals surface area contributed by atoms with E-state index in [0.717, 1.165) is 23.9 Å². The number of hydrogen-bond acceptors (Lipinski definition) is 3. The molecule has 2 amide bonds. The Hall–Kier alpha value is -3.02. The smallest absolute Gasteiger partial charge is 0.271 e. The molecule has 5 rings (SSSR count). The molecule has 0 spiro atoms. The molecule has 0 bridgehead atoms. The van der Waals surface area contributed by atoms with E-state index in [4.69, 9.17) is 4.42 Å². The lowest BCUT2D eigenvalue weighted by Gasteiger charge is -2.45. The average Bonchev–Trinajstić information content (AvgIpc) is 3.37. The van der Waals surface area contributed by atoms with Crippen LogP contribution >= 0.6 is 0 Å². The number of amides is 2. The van der Waals surface area contributed by atoms with E-state index < -0.39 is 5.54 Å². The zero-order valence-electron chi connectivity index (χ0n) is 19.0. The lowest BCUT2D eigenvalue weighted by atomic mass is 9.77. The number of nitrogens with zero attached hydrogens (tertiary/aromatic N) is 2. The first-order valence-corrected chi connectivity index (χ1v) is 11.6. The van der Waals surface area contributed by atoms with E-state index >= 15 is 0 Å². The second-order valence-corrected chi connectivity index (χ2v) is 9.78. The fourth-order valence-corrected chi connectivity index (χ4v) is 5.40.